The fraction of sp³-hybridized carbons (Fsp3) is 0.185. The Morgan fingerprint density at radius 1 is 1.11 bits per heavy atom. The summed E-state index contributed by atoms with van der Waals surface area (Å²) in [6.45, 7) is 1.89. The summed E-state index contributed by atoms with van der Waals surface area (Å²) in [4.78, 5) is 31.4. The second kappa shape index (κ2) is 9.66. The summed E-state index contributed by atoms with van der Waals surface area (Å²) in [5.74, 6) is -0.607. The first-order chi connectivity index (χ1) is 18.1. The third-order valence-corrected chi connectivity index (χ3v) is 6.03. The van der Waals surface area contributed by atoms with Crippen LogP contribution in [0, 0.1) is 6.92 Å². The van der Waals surface area contributed by atoms with Crippen molar-refractivity contribution < 1.29 is 22.7 Å². The minimum absolute atomic E-state index is 0.00514. The van der Waals surface area contributed by atoms with Gasteiger partial charge in [0.2, 0.25) is 0 Å². The molecule has 38 heavy (non-hydrogen) atoms. The maximum Gasteiger partial charge on any atom is 0.422 e. The highest BCUT2D eigenvalue weighted by molar-refractivity contribution is 6.01. The van der Waals surface area contributed by atoms with Crippen molar-refractivity contribution in [1.82, 2.24) is 24.5 Å². The van der Waals surface area contributed by atoms with E-state index in [1.165, 1.54) is 21.2 Å². The molecular weight excluding hydrogens is 499 g/mol. The molecule has 0 aliphatic rings. The van der Waals surface area contributed by atoms with Crippen molar-refractivity contribution in [2.45, 2.75) is 26.1 Å². The van der Waals surface area contributed by atoms with Crippen LogP contribution in [-0.2, 0) is 0 Å². The van der Waals surface area contributed by atoms with E-state index in [-0.39, 0.29) is 11.1 Å². The Bertz CT molecular complexity index is 1710. The van der Waals surface area contributed by atoms with Gasteiger partial charge < -0.3 is 10.1 Å². The fourth-order valence-electron chi connectivity index (χ4n) is 4.40. The second-order valence-corrected chi connectivity index (χ2v) is 8.71. The Morgan fingerprint density at radius 3 is 2.61 bits per heavy atom. The standard InChI is InChI=1S/C27H22F3N5O3/c1-16(32-25(36)22-17(2)33-34-13-7-12-31-24(22)34)20-14-18-8-6-11-21(38-15-27(28,29)30)23(18)26(37)35(20)19-9-4-3-5-10-19/h3-14,16H,15H2,1-2H3,(H,32,36)/t16-/m0/s1. The largest absolute Gasteiger partial charge is 0.483 e. The topological polar surface area (TPSA) is 90.5 Å². The van der Waals surface area contributed by atoms with Crippen molar-refractivity contribution in [2.75, 3.05) is 6.61 Å². The summed E-state index contributed by atoms with van der Waals surface area (Å²) in [5.41, 5.74) is 1.51. The molecule has 0 bridgehead atoms. The van der Waals surface area contributed by atoms with Gasteiger partial charge in [0.1, 0.15) is 11.3 Å². The van der Waals surface area contributed by atoms with Gasteiger partial charge in [-0.25, -0.2) is 9.50 Å². The Morgan fingerprint density at radius 2 is 1.87 bits per heavy atom. The minimum atomic E-state index is -4.57. The fourth-order valence-corrected chi connectivity index (χ4v) is 4.40. The van der Waals surface area contributed by atoms with E-state index in [0.717, 1.165) is 0 Å². The zero-order chi connectivity index (χ0) is 27.0. The van der Waals surface area contributed by atoms with Gasteiger partial charge in [-0.1, -0.05) is 30.3 Å². The van der Waals surface area contributed by atoms with E-state index >= 15 is 0 Å². The molecule has 1 amide bonds. The van der Waals surface area contributed by atoms with E-state index < -0.39 is 30.3 Å². The number of hydrogen-bond acceptors (Lipinski definition) is 5. The number of ether oxygens (including phenoxy) is 1. The molecule has 5 rings (SSSR count). The van der Waals surface area contributed by atoms with E-state index in [4.69, 9.17) is 4.74 Å². The molecule has 1 N–H and O–H groups in total. The van der Waals surface area contributed by atoms with Crippen LogP contribution in [0.4, 0.5) is 13.2 Å². The highest BCUT2D eigenvalue weighted by Crippen LogP contribution is 2.29. The number of fused-ring (bicyclic) bond motifs is 2. The molecule has 2 aromatic carbocycles. The predicted octanol–water partition coefficient (Wildman–Crippen LogP) is 4.77. The summed E-state index contributed by atoms with van der Waals surface area (Å²) in [6.07, 6.45) is -1.32. The Hall–Kier alpha value is -4.67. The quantitative estimate of drug-likeness (QED) is 0.348. The molecule has 0 saturated carbocycles. The molecule has 0 fully saturated rings. The molecular formula is C27H22F3N5O3. The number of rotatable bonds is 6. The summed E-state index contributed by atoms with van der Waals surface area (Å²) in [7, 11) is 0. The number of halogens is 3. The number of pyridine rings is 1. The zero-order valence-electron chi connectivity index (χ0n) is 20.4. The van der Waals surface area contributed by atoms with E-state index in [9.17, 15) is 22.8 Å². The highest BCUT2D eigenvalue weighted by atomic mass is 19.4. The van der Waals surface area contributed by atoms with Crippen molar-refractivity contribution in [3.8, 4) is 11.4 Å². The molecule has 11 heteroatoms. The highest BCUT2D eigenvalue weighted by Gasteiger charge is 2.29. The smallest absolute Gasteiger partial charge is 0.422 e. The first kappa shape index (κ1) is 25.0. The number of nitrogens with one attached hydrogen (secondary N) is 1. The summed E-state index contributed by atoms with van der Waals surface area (Å²) in [5, 5.41) is 7.63. The summed E-state index contributed by atoms with van der Waals surface area (Å²) < 4.78 is 46.5. The average molecular weight is 521 g/mol. The molecule has 0 radical (unpaired) electrons. The lowest BCUT2D eigenvalue weighted by Crippen LogP contribution is -2.32. The van der Waals surface area contributed by atoms with Crippen LogP contribution in [0.25, 0.3) is 22.1 Å². The number of amides is 1. The van der Waals surface area contributed by atoms with Crippen LogP contribution in [0.5, 0.6) is 5.75 Å². The number of benzene rings is 2. The van der Waals surface area contributed by atoms with Crippen molar-refractivity contribution in [1.29, 1.82) is 0 Å². The molecule has 0 aliphatic carbocycles. The van der Waals surface area contributed by atoms with Crippen LogP contribution >= 0.6 is 0 Å². The Labute approximate surface area is 214 Å². The maximum atomic E-state index is 13.8. The number of para-hydroxylation sites is 1. The second-order valence-electron chi connectivity index (χ2n) is 8.71. The van der Waals surface area contributed by atoms with Gasteiger partial charge in [0.15, 0.2) is 12.3 Å². The van der Waals surface area contributed by atoms with Crippen LogP contribution in [-0.4, -0.2) is 37.9 Å². The number of carbonyl (C=O) groups is 1. The normalized spacial score (nSPS) is 12.6. The van der Waals surface area contributed by atoms with Crippen LogP contribution in [0.3, 0.4) is 0 Å². The van der Waals surface area contributed by atoms with E-state index in [1.54, 1.807) is 74.8 Å². The van der Waals surface area contributed by atoms with Gasteiger partial charge in [0.25, 0.3) is 11.5 Å². The van der Waals surface area contributed by atoms with E-state index in [2.05, 4.69) is 15.4 Å². The number of alkyl halides is 3. The van der Waals surface area contributed by atoms with Crippen LogP contribution in [0.1, 0.15) is 34.7 Å². The third kappa shape index (κ3) is 4.70. The maximum absolute atomic E-state index is 13.8. The molecule has 0 aliphatic heterocycles. The van der Waals surface area contributed by atoms with Crippen molar-refractivity contribution in [3.05, 3.63) is 100 Å². The predicted molar refractivity (Wildman–Crippen MR) is 135 cm³/mol. The van der Waals surface area contributed by atoms with Crippen LogP contribution < -0.4 is 15.6 Å². The first-order valence-electron chi connectivity index (χ1n) is 11.7. The van der Waals surface area contributed by atoms with Gasteiger partial charge in [-0.2, -0.15) is 18.3 Å². The number of hydrogen-bond donors (Lipinski definition) is 1. The minimum Gasteiger partial charge on any atom is -0.483 e. The monoisotopic (exact) mass is 521 g/mol. The van der Waals surface area contributed by atoms with Gasteiger partial charge >= 0.3 is 6.18 Å². The van der Waals surface area contributed by atoms with Gasteiger partial charge in [-0.05, 0) is 49.6 Å². The number of carbonyl (C=O) groups excluding carboxylic acids is 1. The van der Waals surface area contributed by atoms with E-state index in [1.807, 2.05) is 0 Å². The average Bonchev–Trinajstić information content (AvgIpc) is 3.23. The van der Waals surface area contributed by atoms with Crippen molar-refractivity contribution >= 4 is 22.3 Å². The molecule has 8 nitrogen and oxygen atoms in total. The summed E-state index contributed by atoms with van der Waals surface area (Å²) in [6, 6.07) is 15.8. The van der Waals surface area contributed by atoms with Gasteiger partial charge in [0, 0.05) is 23.8 Å². The van der Waals surface area contributed by atoms with Gasteiger partial charge in [-0.15, -0.1) is 0 Å². The number of aryl methyl sites for hydroxylation is 1. The lowest BCUT2D eigenvalue weighted by molar-refractivity contribution is -0.153. The van der Waals surface area contributed by atoms with Crippen LogP contribution in [0.15, 0.2) is 77.9 Å². The Balaban J connectivity index is 1.62. The Kier molecular flexibility index (Phi) is 6.35. The zero-order valence-corrected chi connectivity index (χ0v) is 20.4. The molecule has 1 atom stereocenters. The van der Waals surface area contributed by atoms with Gasteiger partial charge in [-0.3, -0.25) is 14.2 Å². The van der Waals surface area contributed by atoms with Crippen LogP contribution in [0.2, 0.25) is 0 Å². The number of nitrogens with zero attached hydrogens (tertiary/aromatic N) is 4. The first-order valence-corrected chi connectivity index (χ1v) is 11.7. The van der Waals surface area contributed by atoms with Crippen molar-refractivity contribution in [2.24, 2.45) is 0 Å². The molecule has 3 aromatic heterocycles. The van der Waals surface area contributed by atoms with E-state index in [0.29, 0.717) is 33.7 Å². The van der Waals surface area contributed by atoms with Gasteiger partial charge in [0.05, 0.1) is 17.1 Å². The lowest BCUT2D eigenvalue weighted by Gasteiger charge is -2.21. The molecule has 194 valence electrons. The molecule has 3 heterocycles. The number of aromatic nitrogens is 4. The third-order valence-electron chi connectivity index (χ3n) is 6.03. The molecule has 0 spiro atoms. The SMILES string of the molecule is Cc1nn2cccnc2c1C(=O)N[C@@H](C)c1cc2cccc(OCC(F)(F)F)c2c(=O)n1-c1ccccc1. The lowest BCUT2D eigenvalue weighted by atomic mass is 10.1. The summed E-state index contributed by atoms with van der Waals surface area (Å²) >= 11 is 0. The molecule has 0 saturated heterocycles. The van der Waals surface area contributed by atoms with Crippen molar-refractivity contribution in [3.63, 3.8) is 0 Å². The molecule has 0 unspecified atom stereocenters. The molecule has 5 aromatic rings.